The van der Waals surface area contributed by atoms with E-state index in [0.29, 0.717) is 10.3 Å². The largest absolute Gasteiger partial charge is 0.307 e. The lowest BCUT2D eigenvalue weighted by atomic mass is 10.5. The summed E-state index contributed by atoms with van der Waals surface area (Å²) in [4.78, 5) is 12.4. The molecule has 0 aliphatic carbocycles. The molecule has 2 aromatic heterocycles. The van der Waals surface area contributed by atoms with Gasteiger partial charge in [0.15, 0.2) is 5.82 Å². The van der Waals surface area contributed by atoms with Crippen LogP contribution in [0.25, 0.3) is 0 Å². The first kappa shape index (κ1) is 12.7. The van der Waals surface area contributed by atoms with E-state index >= 15 is 0 Å². The van der Waals surface area contributed by atoms with Crippen LogP contribution >= 0.6 is 43.6 Å². The molecular formula is C9H7Br2N5S. The first-order valence-electron chi connectivity index (χ1n) is 4.48. The van der Waals surface area contributed by atoms with Crippen LogP contribution in [0.4, 0.5) is 5.82 Å². The number of anilines is 1. The predicted molar refractivity (Wildman–Crippen MR) is 73.6 cm³/mol. The number of nitrogen functional groups attached to an aromatic ring is 1. The van der Waals surface area contributed by atoms with Crippen LogP contribution in [-0.4, -0.2) is 15.0 Å². The van der Waals surface area contributed by atoms with Crippen molar-refractivity contribution in [2.45, 2.75) is 10.1 Å². The SMILES string of the molecule is NNc1ncnc(Sc2ncccc2Br)c1Br. The lowest BCUT2D eigenvalue weighted by Gasteiger charge is -2.07. The maximum atomic E-state index is 5.34. The predicted octanol–water partition coefficient (Wildman–Crippen LogP) is 2.83. The summed E-state index contributed by atoms with van der Waals surface area (Å²) in [5.41, 5.74) is 2.49. The highest BCUT2D eigenvalue weighted by Gasteiger charge is 2.11. The van der Waals surface area contributed by atoms with Crippen LogP contribution < -0.4 is 11.3 Å². The highest BCUT2D eigenvalue weighted by atomic mass is 79.9. The molecule has 0 saturated carbocycles. The Hall–Kier alpha value is -0.700. The molecule has 2 aromatic rings. The number of nitrogens with zero attached hydrogens (tertiary/aromatic N) is 3. The molecule has 0 unspecified atom stereocenters. The average Bonchev–Trinajstić information content (AvgIpc) is 2.34. The molecule has 0 spiro atoms. The zero-order chi connectivity index (χ0) is 12.3. The minimum atomic E-state index is 0.537. The molecule has 0 radical (unpaired) electrons. The van der Waals surface area contributed by atoms with Crippen LogP contribution in [0.5, 0.6) is 0 Å². The molecule has 8 heteroatoms. The fourth-order valence-corrected chi connectivity index (χ4v) is 2.87. The van der Waals surface area contributed by atoms with Crippen molar-refractivity contribution in [3.63, 3.8) is 0 Å². The number of hydrogen-bond acceptors (Lipinski definition) is 6. The zero-order valence-electron chi connectivity index (χ0n) is 8.39. The van der Waals surface area contributed by atoms with E-state index in [9.17, 15) is 0 Å². The Morgan fingerprint density at radius 1 is 1.18 bits per heavy atom. The molecular weight excluding hydrogens is 370 g/mol. The minimum absolute atomic E-state index is 0.537. The number of hydrazine groups is 1. The zero-order valence-corrected chi connectivity index (χ0v) is 12.4. The van der Waals surface area contributed by atoms with E-state index in [1.807, 2.05) is 12.1 Å². The molecule has 2 rings (SSSR count). The van der Waals surface area contributed by atoms with Crippen molar-refractivity contribution in [3.05, 3.63) is 33.6 Å². The Morgan fingerprint density at radius 3 is 2.71 bits per heavy atom. The van der Waals surface area contributed by atoms with E-state index in [-0.39, 0.29) is 0 Å². The van der Waals surface area contributed by atoms with Gasteiger partial charge in [0.2, 0.25) is 0 Å². The standard InChI is InChI=1S/C9H7Br2N5S/c10-5-2-1-3-13-8(5)17-9-6(11)7(16-12)14-4-15-9/h1-4H,12H2,(H,14,15,16). The molecule has 0 saturated heterocycles. The summed E-state index contributed by atoms with van der Waals surface area (Å²) in [6.45, 7) is 0. The van der Waals surface area contributed by atoms with Crippen molar-refractivity contribution in [3.8, 4) is 0 Å². The van der Waals surface area contributed by atoms with Crippen LogP contribution in [0.3, 0.4) is 0 Å². The number of aromatic nitrogens is 3. The molecule has 0 amide bonds. The van der Waals surface area contributed by atoms with Crippen molar-refractivity contribution < 1.29 is 0 Å². The third-order valence-electron chi connectivity index (χ3n) is 1.81. The maximum absolute atomic E-state index is 5.34. The van der Waals surface area contributed by atoms with Crippen molar-refractivity contribution >= 4 is 49.4 Å². The van der Waals surface area contributed by atoms with Crippen molar-refractivity contribution in [2.24, 2.45) is 5.84 Å². The van der Waals surface area contributed by atoms with Gasteiger partial charge in [-0.2, -0.15) is 0 Å². The van der Waals surface area contributed by atoms with Crippen LogP contribution in [0.15, 0.2) is 43.7 Å². The van der Waals surface area contributed by atoms with Gasteiger partial charge in [0.1, 0.15) is 16.4 Å². The van der Waals surface area contributed by atoms with E-state index in [1.165, 1.54) is 18.1 Å². The summed E-state index contributed by atoms with van der Waals surface area (Å²) >= 11 is 8.24. The highest BCUT2D eigenvalue weighted by molar-refractivity contribution is 9.11. The van der Waals surface area contributed by atoms with Gasteiger partial charge in [-0.25, -0.2) is 20.8 Å². The Kier molecular flexibility index (Phi) is 4.32. The summed E-state index contributed by atoms with van der Waals surface area (Å²) in [5, 5.41) is 1.57. The monoisotopic (exact) mass is 375 g/mol. The third kappa shape index (κ3) is 2.95. The van der Waals surface area contributed by atoms with Gasteiger partial charge in [0.05, 0.1) is 8.95 Å². The molecule has 2 heterocycles. The summed E-state index contributed by atoms with van der Waals surface area (Å²) < 4.78 is 1.63. The molecule has 0 aliphatic rings. The summed E-state index contributed by atoms with van der Waals surface area (Å²) in [6, 6.07) is 3.78. The van der Waals surface area contributed by atoms with Crippen LogP contribution in [0.2, 0.25) is 0 Å². The fourth-order valence-electron chi connectivity index (χ4n) is 1.06. The van der Waals surface area contributed by atoms with Gasteiger partial charge in [0, 0.05) is 6.20 Å². The topological polar surface area (TPSA) is 76.7 Å². The lowest BCUT2D eigenvalue weighted by Crippen LogP contribution is -2.09. The summed E-state index contributed by atoms with van der Waals surface area (Å²) in [5.74, 6) is 5.88. The van der Waals surface area contributed by atoms with E-state index in [1.54, 1.807) is 6.20 Å². The van der Waals surface area contributed by atoms with Crippen molar-refractivity contribution in [1.82, 2.24) is 15.0 Å². The highest BCUT2D eigenvalue weighted by Crippen LogP contribution is 2.36. The van der Waals surface area contributed by atoms with Gasteiger partial charge in [-0.05, 0) is 55.8 Å². The van der Waals surface area contributed by atoms with Crippen LogP contribution in [0.1, 0.15) is 0 Å². The first-order chi connectivity index (χ1) is 8.22. The van der Waals surface area contributed by atoms with E-state index in [4.69, 9.17) is 5.84 Å². The van der Waals surface area contributed by atoms with Gasteiger partial charge in [-0.15, -0.1) is 0 Å². The Labute approximate surface area is 119 Å². The number of halogens is 2. The van der Waals surface area contributed by atoms with Crippen molar-refractivity contribution in [2.75, 3.05) is 5.43 Å². The number of rotatable bonds is 3. The molecule has 0 aromatic carbocycles. The molecule has 0 aliphatic heterocycles. The van der Waals surface area contributed by atoms with E-state index in [2.05, 4.69) is 52.2 Å². The number of pyridine rings is 1. The van der Waals surface area contributed by atoms with Gasteiger partial charge >= 0.3 is 0 Å². The summed E-state index contributed by atoms with van der Waals surface area (Å²) in [6.07, 6.45) is 3.17. The van der Waals surface area contributed by atoms with E-state index < -0.39 is 0 Å². The summed E-state index contributed by atoms with van der Waals surface area (Å²) in [7, 11) is 0. The van der Waals surface area contributed by atoms with Crippen molar-refractivity contribution in [1.29, 1.82) is 0 Å². The van der Waals surface area contributed by atoms with Crippen LogP contribution in [0, 0.1) is 0 Å². The van der Waals surface area contributed by atoms with Gasteiger partial charge in [-0.3, -0.25) is 0 Å². The lowest BCUT2D eigenvalue weighted by molar-refractivity contribution is 1.01. The molecule has 0 bridgehead atoms. The fraction of sp³-hybridized carbons (Fsp3) is 0. The average molecular weight is 377 g/mol. The molecule has 17 heavy (non-hydrogen) atoms. The quantitative estimate of drug-likeness (QED) is 0.487. The molecule has 3 N–H and O–H groups in total. The maximum Gasteiger partial charge on any atom is 0.158 e. The number of hydrogen-bond donors (Lipinski definition) is 2. The van der Waals surface area contributed by atoms with Gasteiger partial charge in [0.25, 0.3) is 0 Å². The second-order valence-electron chi connectivity index (χ2n) is 2.88. The minimum Gasteiger partial charge on any atom is -0.307 e. The smallest absolute Gasteiger partial charge is 0.158 e. The number of nitrogens with two attached hydrogens (primary N) is 1. The van der Waals surface area contributed by atoms with E-state index in [0.717, 1.165) is 14.5 Å². The van der Waals surface area contributed by atoms with Gasteiger partial charge < -0.3 is 5.43 Å². The molecule has 5 nitrogen and oxygen atoms in total. The Balaban J connectivity index is 2.34. The Morgan fingerprint density at radius 2 is 2.00 bits per heavy atom. The molecule has 0 fully saturated rings. The van der Waals surface area contributed by atoms with Gasteiger partial charge in [-0.1, -0.05) is 0 Å². The third-order valence-corrected chi connectivity index (χ3v) is 4.75. The second kappa shape index (κ2) is 5.76. The normalized spacial score (nSPS) is 10.3. The molecule has 0 atom stereocenters. The first-order valence-corrected chi connectivity index (χ1v) is 6.88. The molecule has 88 valence electrons. The second-order valence-corrected chi connectivity index (χ2v) is 5.50. The van der Waals surface area contributed by atoms with Crippen LogP contribution in [-0.2, 0) is 0 Å². The number of nitrogens with one attached hydrogen (secondary N) is 1. The Bertz CT molecular complexity index is 537.